The number of ether oxygens (including phenoxy) is 1. The summed E-state index contributed by atoms with van der Waals surface area (Å²) in [5.74, 6) is 1.55. The van der Waals surface area contributed by atoms with Crippen molar-refractivity contribution in [2.45, 2.75) is 63.1 Å². The van der Waals surface area contributed by atoms with Gasteiger partial charge in [-0.3, -0.25) is 4.79 Å². The molecule has 122 valence electrons. The average molecular weight is 305 g/mol. The molecule has 1 amide bonds. The Morgan fingerprint density at radius 3 is 2.68 bits per heavy atom. The van der Waals surface area contributed by atoms with Crippen LogP contribution in [0, 0.1) is 23.2 Å². The van der Waals surface area contributed by atoms with E-state index in [1.165, 1.54) is 0 Å². The minimum atomic E-state index is -0.215. The van der Waals surface area contributed by atoms with E-state index in [-0.39, 0.29) is 17.5 Å². The van der Waals surface area contributed by atoms with Crippen LogP contribution in [-0.4, -0.2) is 48.7 Å². The molecule has 0 aromatic heterocycles. The van der Waals surface area contributed by atoms with E-state index in [0.29, 0.717) is 12.6 Å². The van der Waals surface area contributed by atoms with Crippen LogP contribution in [0.15, 0.2) is 0 Å². The predicted molar refractivity (Wildman–Crippen MR) is 83.0 cm³/mol. The van der Waals surface area contributed by atoms with Gasteiger partial charge in [0.2, 0.25) is 5.91 Å². The summed E-state index contributed by atoms with van der Waals surface area (Å²) in [4.78, 5) is 14.1. The highest BCUT2D eigenvalue weighted by Crippen LogP contribution is 2.49. The lowest BCUT2D eigenvalue weighted by atomic mass is 9.95. The van der Waals surface area contributed by atoms with Crippen LogP contribution in [0.3, 0.4) is 0 Å². The first kappa shape index (κ1) is 15.8. The zero-order valence-electron chi connectivity index (χ0n) is 13.7. The van der Waals surface area contributed by atoms with E-state index in [2.05, 4.69) is 18.3 Å². The SMILES string of the molecule is CO[C@@H]1C[C@@H]2CC(C)(NCC(=O)N3CCC[C@H]3C#N)C[C@@H]2C1. The van der Waals surface area contributed by atoms with Gasteiger partial charge in [-0.25, -0.2) is 0 Å². The fourth-order valence-corrected chi connectivity index (χ4v) is 4.82. The smallest absolute Gasteiger partial charge is 0.237 e. The van der Waals surface area contributed by atoms with Gasteiger partial charge in [0, 0.05) is 19.2 Å². The summed E-state index contributed by atoms with van der Waals surface area (Å²) in [6.07, 6.45) is 6.79. The van der Waals surface area contributed by atoms with Crippen LogP contribution in [0.1, 0.15) is 45.4 Å². The van der Waals surface area contributed by atoms with Crippen molar-refractivity contribution in [1.82, 2.24) is 10.2 Å². The predicted octanol–water partition coefficient (Wildman–Crippen LogP) is 1.68. The summed E-state index contributed by atoms with van der Waals surface area (Å²) in [5.41, 5.74) is 0.0611. The lowest BCUT2D eigenvalue weighted by molar-refractivity contribution is -0.130. The Balaban J connectivity index is 1.50. The number of fused-ring (bicyclic) bond motifs is 1. The third kappa shape index (κ3) is 3.00. The van der Waals surface area contributed by atoms with E-state index in [0.717, 1.165) is 56.9 Å². The van der Waals surface area contributed by atoms with Crippen molar-refractivity contribution >= 4 is 5.91 Å². The van der Waals surface area contributed by atoms with E-state index in [1.54, 1.807) is 4.90 Å². The summed E-state index contributed by atoms with van der Waals surface area (Å²) < 4.78 is 5.49. The van der Waals surface area contributed by atoms with Crippen molar-refractivity contribution in [1.29, 1.82) is 5.26 Å². The molecule has 22 heavy (non-hydrogen) atoms. The summed E-state index contributed by atoms with van der Waals surface area (Å²) in [6.45, 7) is 3.34. The molecule has 0 aromatic carbocycles. The molecule has 3 aliphatic rings. The lowest BCUT2D eigenvalue weighted by Crippen LogP contribution is -2.48. The molecular weight excluding hydrogens is 278 g/mol. The molecule has 1 heterocycles. The van der Waals surface area contributed by atoms with Gasteiger partial charge in [-0.2, -0.15) is 5.26 Å². The largest absolute Gasteiger partial charge is 0.381 e. The second-order valence-corrected chi connectivity index (χ2v) is 7.55. The third-order valence-electron chi connectivity index (χ3n) is 5.95. The summed E-state index contributed by atoms with van der Waals surface area (Å²) in [7, 11) is 1.81. The highest BCUT2D eigenvalue weighted by molar-refractivity contribution is 5.79. The number of amides is 1. The molecule has 0 bridgehead atoms. The van der Waals surface area contributed by atoms with Crippen molar-refractivity contribution in [3.63, 3.8) is 0 Å². The van der Waals surface area contributed by atoms with E-state index in [1.807, 2.05) is 7.11 Å². The Kier molecular flexibility index (Phi) is 4.42. The Morgan fingerprint density at radius 2 is 2.09 bits per heavy atom. The van der Waals surface area contributed by atoms with Crippen molar-refractivity contribution in [3.05, 3.63) is 0 Å². The van der Waals surface area contributed by atoms with Gasteiger partial charge in [0.1, 0.15) is 6.04 Å². The number of rotatable bonds is 4. The molecule has 3 fully saturated rings. The number of nitriles is 1. The molecule has 5 heteroatoms. The standard InChI is InChI=1S/C17H27N3O2/c1-17(8-12-6-15(22-2)7-13(12)9-17)19-11-16(21)20-5-3-4-14(20)10-18/h12-15,19H,3-9,11H2,1-2H3/t12-,13+,14-,15-,17?/m0/s1. The second kappa shape index (κ2) is 6.17. The number of methoxy groups -OCH3 is 1. The van der Waals surface area contributed by atoms with E-state index >= 15 is 0 Å². The third-order valence-corrected chi connectivity index (χ3v) is 5.95. The number of nitrogens with zero attached hydrogens (tertiary/aromatic N) is 2. The molecule has 2 saturated carbocycles. The number of likely N-dealkylation sites (tertiary alicyclic amines) is 1. The molecule has 0 spiro atoms. The number of hydrogen-bond acceptors (Lipinski definition) is 4. The molecule has 0 radical (unpaired) electrons. The first-order valence-corrected chi connectivity index (χ1v) is 8.51. The number of carbonyl (C=O) groups is 1. The lowest BCUT2D eigenvalue weighted by Gasteiger charge is -2.29. The van der Waals surface area contributed by atoms with Crippen LogP contribution in [0.25, 0.3) is 0 Å². The normalized spacial score (nSPS) is 40.7. The fourth-order valence-electron chi connectivity index (χ4n) is 4.82. The zero-order valence-corrected chi connectivity index (χ0v) is 13.7. The minimum Gasteiger partial charge on any atom is -0.381 e. The minimum absolute atomic E-state index is 0.0611. The number of hydrogen-bond donors (Lipinski definition) is 1. The highest BCUT2D eigenvalue weighted by Gasteiger charge is 2.47. The van der Waals surface area contributed by atoms with Gasteiger partial charge < -0.3 is 15.0 Å². The Hall–Kier alpha value is -1.12. The van der Waals surface area contributed by atoms with Crippen LogP contribution in [0.4, 0.5) is 0 Å². The van der Waals surface area contributed by atoms with Gasteiger partial charge in [-0.05, 0) is 57.3 Å². The Bertz CT molecular complexity index is 459. The average Bonchev–Trinajstić information content (AvgIpc) is 3.17. The summed E-state index contributed by atoms with van der Waals surface area (Å²) >= 11 is 0. The Morgan fingerprint density at radius 1 is 1.41 bits per heavy atom. The maximum atomic E-state index is 12.4. The van der Waals surface area contributed by atoms with E-state index in [4.69, 9.17) is 10.00 Å². The zero-order chi connectivity index (χ0) is 15.7. The van der Waals surface area contributed by atoms with Gasteiger partial charge in [0.25, 0.3) is 0 Å². The van der Waals surface area contributed by atoms with Crippen molar-refractivity contribution in [3.8, 4) is 6.07 Å². The van der Waals surface area contributed by atoms with E-state index < -0.39 is 0 Å². The molecular formula is C17H27N3O2. The first-order chi connectivity index (χ1) is 10.5. The molecule has 1 aliphatic heterocycles. The van der Waals surface area contributed by atoms with Gasteiger partial charge in [0.05, 0.1) is 18.7 Å². The monoisotopic (exact) mass is 305 g/mol. The molecule has 5 nitrogen and oxygen atoms in total. The fraction of sp³-hybridized carbons (Fsp3) is 0.882. The molecule has 2 aliphatic carbocycles. The van der Waals surface area contributed by atoms with Gasteiger partial charge in [0.15, 0.2) is 0 Å². The van der Waals surface area contributed by atoms with Crippen LogP contribution in [0.2, 0.25) is 0 Å². The quantitative estimate of drug-likeness (QED) is 0.858. The van der Waals surface area contributed by atoms with Crippen LogP contribution in [-0.2, 0) is 9.53 Å². The molecule has 3 rings (SSSR count). The van der Waals surface area contributed by atoms with Gasteiger partial charge in [-0.1, -0.05) is 0 Å². The Labute approximate surface area is 133 Å². The van der Waals surface area contributed by atoms with E-state index in [9.17, 15) is 4.79 Å². The molecule has 1 N–H and O–H groups in total. The van der Waals surface area contributed by atoms with Crippen molar-refractivity contribution in [2.75, 3.05) is 20.2 Å². The maximum absolute atomic E-state index is 12.4. The van der Waals surface area contributed by atoms with Gasteiger partial charge >= 0.3 is 0 Å². The van der Waals surface area contributed by atoms with Crippen molar-refractivity contribution < 1.29 is 9.53 Å². The van der Waals surface area contributed by atoms with Crippen LogP contribution >= 0.6 is 0 Å². The molecule has 1 saturated heterocycles. The molecule has 1 unspecified atom stereocenters. The summed E-state index contributed by atoms with van der Waals surface area (Å²) in [5, 5.41) is 12.6. The summed E-state index contributed by atoms with van der Waals surface area (Å²) in [6, 6.07) is 2.02. The van der Waals surface area contributed by atoms with Crippen LogP contribution in [0.5, 0.6) is 0 Å². The number of carbonyl (C=O) groups excluding carboxylic acids is 1. The first-order valence-electron chi connectivity index (χ1n) is 8.51. The number of nitrogens with one attached hydrogen (secondary N) is 1. The van der Waals surface area contributed by atoms with Crippen molar-refractivity contribution in [2.24, 2.45) is 11.8 Å². The maximum Gasteiger partial charge on any atom is 0.237 e. The van der Waals surface area contributed by atoms with Crippen LogP contribution < -0.4 is 5.32 Å². The molecule has 5 atom stereocenters. The highest BCUT2D eigenvalue weighted by atomic mass is 16.5. The second-order valence-electron chi connectivity index (χ2n) is 7.55. The van der Waals surface area contributed by atoms with Gasteiger partial charge in [-0.15, -0.1) is 0 Å². The molecule has 0 aromatic rings. The topological polar surface area (TPSA) is 65.4 Å².